The van der Waals surface area contributed by atoms with Crippen molar-refractivity contribution in [2.45, 2.75) is 6.10 Å². The van der Waals surface area contributed by atoms with Gasteiger partial charge >= 0.3 is 5.97 Å². The van der Waals surface area contributed by atoms with Gasteiger partial charge in [0.15, 0.2) is 6.10 Å². The molecular formula is C11H14BrNO3. The molecule has 0 spiro atoms. The van der Waals surface area contributed by atoms with E-state index in [2.05, 4.69) is 20.7 Å². The minimum atomic E-state index is -1.24. The van der Waals surface area contributed by atoms with Crippen LogP contribution in [0.1, 0.15) is 11.7 Å². The number of benzene rings is 1. The average Bonchev–Trinajstić information content (AvgIpc) is 2.27. The summed E-state index contributed by atoms with van der Waals surface area (Å²) in [6, 6.07) is 5.21. The lowest BCUT2D eigenvalue weighted by atomic mass is 10.1. The molecule has 0 radical (unpaired) electrons. The minimum Gasteiger partial charge on any atom is -0.467 e. The largest absolute Gasteiger partial charge is 0.467 e. The first-order valence-corrected chi connectivity index (χ1v) is 5.49. The first kappa shape index (κ1) is 13.0. The highest BCUT2D eigenvalue weighted by Gasteiger charge is 2.19. The van der Waals surface area contributed by atoms with Gasteiger partial charge in [-0.3, -0.25) is 0 Å². The van der Waals surface area contributed by atoms with E-state index in [1.54, 1.807) is 18.2 Å². The number of hydrogen-bond donors (Lipinski definition) is 1. The summed E-state index contributed by atoms with van der Waals surface area (Å²) in [5.74, 6) is -0.660. The molecule has 5 heteroatoms. The van der Waals surface area contributed by atoms with Crippen LogP contribution in [0.5, 0.6) is 0 Å². The number of aliphatic hydroxyl groups excluding tert-OH is 1. The fraction of sp³-hybridized carbons (Fsp3) is 0.364. The molecule has 0 fully saturated rings. The van der Waals surface area contributed by atoms with Gasteiger partial charge in [0.05, 0.1) is 12.8 Å². The van der Waals surface area contributed by atoms with Gasteiger partial charge < -0.3 is 14.7 Å². The first-order chi connectivity index (χ1) is 7.47. The Labute approximate surface area is 103 Å². The maximum atomic E-state index is 11.2. The molecule has 4 nitrogen and oxygen atoms in total. The molecule has 1 N–H and O–H groups in total. The number of hydrogen-bond acceptors (Lipinski definition) is 4. The highest BCUT2D eigenvalue weighted by Crippen LogP contribution is 2.28. The van der Waals surface area contributed by atoms with Crippen molar-refractivity contribution < 1.29 is 14.6 Å². The summed E-state index contributed by atoms with van der Waals surface area (Å²) < 4.78 is 5.38. The molecule has 88 valence electrons. The van der Waals surface area contributed by atoms with Crippen LogP contribution < -0.4 is 4.90 Å². The van der Waals surface area contributed by atoms with Crippen LogP contribution in [0.25, 0.3) is 0 Å². The third kappa shape index (κ3) is 2.74. The fourth-order valence-corrected chi connectivity index (χ4v) is 1.89. The zero-order chi connectivity index (χ0) is 12.3. The molecule has 0 saturated heterocycles. The summed E-state index contributed by atoms with van der Waals surface area (Å²) in [6.45, 7) is 0. The molecule has 0 amide bonds. The maximum Gasteiger partial charge on any atom is 0.339 e. The number of halogens is 1. The van der Waals surface area contributed by atoms with E-state index in [4.69, 9.17) is 0 Å². The van der Waals surface area contributed by atoms with E-state index in [0.29, 0.717) is 5.56 Å². The van der Waals surface area contributed by atoms with Crippen molar-refractivity contribution in [2.75, 3.05) is 26.1 Å². The van der Waals surface area contributed by atoms with E-state index in [1.165, 1.54) is 7.11 Å². The van der Waals surface area contributed by atoms with Gasteiger partial charge in [-0.1, -0.05) is 6.07 Å². The molecule has 0 aliphatic rings. The Balaban J connectivity index is 3.07. The number of carbonyl (C=O) groups is 1. The summed E-state index contributed by atoms with van der Waals surface area (Å²) in [7, 11) is 5.01. The van der Waals surface area contributed by atoms with Gasteiger partial charge in [0.1, 0.15) is 0 Å². The Morgan fingerprint density at radius 3 is 2.62 bits per heavy atom. The molecule has 1 aromatic carbocycles. The highest BCUT2D eigenvalue weighted by atomic mass is 79.9. The minimum absolute atomic E-state index is 0.513. The van der Waals surface area contributed by atoms with E-state index in [1.807, 2.05) is 19.0 Å². The van der Waals surface area contributed by atoms with Crippen LogP contribution >= 0.6 is 15.9 Å². The molecule has 0 aliphatic heterocycles. The van der Waals surface area contributed by atoms with Crippen LogP contribution in [0.15, 0.2) is 22.7 Å². The highest BCUT2D eigenvalue weighted by molar-refractivity contribution is 9.10. The number of carbonyl (C=O) groups excluding carboxylic acids is 1. The zero-order valence-corrected chi connectivity index (χ0v) is 11.0. The Morgan fingerprint density at radius 1 is 1.50 bits per heavy atom. The van der Waals surface area contributed by atoms with Gasteiger partial charge in [0, 0.05) is 18.6 Å². The molecule has 1 aromatic rings. The third-order valence-corrected chi connectivity index (χ3v) is 2.86. The van der Waals surface area contributed by atoms with Gasteiger partial charge in [-0.05, 0) is 33.6 Å². The predicted molar refractivity (Wildman–Crippen MR) is 65.4 cm³/mol. The smallest absolute Gasteiger partial charge is 0.339 e. The molecule has 0 heterocycles. The fourth-order valence-electron chi connectivity index (χ4n) is 1.29. The quantitative estimate of drug-likeness (QED) is 0.860. The van der Waals surface area contributed by atoms with Crippen molar-refractivity contribution in [3.8, 4) is 0 Å². The van der Waals surface area contributed by atoms with E-state index in [0.717, 1.165) is 10.2 Å². The summed E-state index contributed by atoms with van der Waals surface area (Å²) in [5, 5.41) is 9.68. The number of esters is 1. The normalized spacial score (nSPS) is 12.1. The number of methoxy groups -OCH3 is 1. The van der Waals surface area contributed by atoms with Crippen molar-refractivity contribution in [1.29, 1.82) is 0 Å². The summed E-state index contributed by atoms with van der Waals surface area (Å²) in [5.41, 5.74) is 1.40. The molecular weight excluding hydrogens is 274 g/mol. The third-order valence-electron chi connectivity index (χ3n) is 2.19. The van der Waals surface area contributed by atoms with Crippen LogP contribution in [-0.2, 0) is 9.53 Å². The van der Waals surface area contributed by atoms with Crippen molar-refractivity contribution in [3.63, 3.8) is 0 Å². The number of ether oxygens (including phenoxy) is 1. The van der Waals surface area contributed by atoms with Crippen LogP contribution in [0.4, 0.5) is 5.69 Å². The van der Waals surface area contributed by atoms with Crippen molar-refractivity contribution in [3.05, 3.63) is 28.2 Å². The van der Waals surface area contributed by atoms with E-state index in [-0.39, 0.29) is 0 Å². The lowest BCUT2D eigenvalue weighted by Crippen LogP contribution is -2.15. The van der Waals surface area contributed by atoms with Gasteiger partial charge in [-0.15, -0.1) is 0 Å². The molecule has 0 saturated carbocycles. The van der Waals surface area contributed by atoms with Crippen molar-refractivity contribution >= 4 is 27.6 Å². The van der Waals surface area contributed by atoms with E-state index >= 15 is 0 Å². The Morgan fingerprint density at radius 2 is 2.12 bits per heavy atom. The van der Waals surface area contributed by atoms with Gasteiger partial charge in [0.2, 0.25) is 0 Å². The predicted octanol–water partition coefficient (Wildman–Crippen LogP) is 1.72. The monoisotopic (exact) mass is 287 g/mol. The maximum absolute atomic E-state index is 11.2. The van der Waals surface area contributed by atoms with Crippen LogP contribution in [0, 0.1) is 0 Å². The van der Waals surface area contributed by atoms with Crippen molar-refractivity contribution in [1.82, 2.24) is 0 Å². The topological polar surface area (TPSA) is 49.8 Å². The van der Waals surface area contributed by atoms with E-state index in [9.17, 15) is 9.90 Å². The van der Waals surface area contributed by atoms with E-state index < -0.39 is 12.1 Å². The number of rotatable bonds is 3. The second-order valence-corrected chi connectivity index (χ2v) is 4.39. The second kappa shape index (κ2) is 5.32. The standard InChI is InChI=1S/C11H14BrNO3/c1-13(2)9-6-7(4-5-8(9)12)10(14)11(15)16-3/h4-6,10,14H,1-3H3. The first-order valence-electron chi connectivity index (χ1n) is 4.70. The SMILES string of the molecule is COC(=O)C(O)c1ccc(Br)c(N(C)C)c1. The lowest BCUT2D eigenvalue weighted by molar-refractivity contribution is -0.150. The molecule has 0 aliphatic carbocycles. The van der Waals surface area contributed by atoms with Gasteiger partial charge in [0.25, 0.3) is 0 Å². The van der Waals surface area contributed by atoms with Crippen LogP contribution in [-0.4, -0.2) is 32.3 Å². The average molecular weight is 288 g/mol. The molecule has 1 rings (SSSR count). The van der Waals surface area contributed by atoms with Gasteiger partial charge in [-0.2, -0.15) is 0 Å². The van der Waals surface area contributed by atoms with Crippen LogP contribution in [0.3, 0.4) is 0 Å². The Kier molecular flexibility index (Phi) is 4.32. The molecule has 0 bridgehead atoms. The Hall–Kier alpha value is -1.07. The lowest BCUT2D eigenvalue weighted by Gasteiger charge is -2.17. The molecule has 1 unspecified atom stereocenters. The second-order valence-electron chi connectivity index (χ2n) is 3.53. The summed E-state index contributed by atoms with van der Waals surface area (Å²) >= 11 is 3.39. The number of nitrogens with zero attached hydrogens (tertiary/aromatic N) is 1. The molecule has 16 heavy (non-hydrogen) atoms. The summed E-state index contributed by atoms with van der Waals surface area (Å²) in [4.78, 5) is 13.1. The van der Waals surface area contributed by atoms with Crippen LogP contribution in [0.2, 0.25) is 0 Å². The number of aliphatic hydroxyl groups is 1. The molecule has 1 atom stereocenters. The molecule has 0 aromatic heterocycles. The Bertz CT molecular complexity index is 393. The zero-order valence-electron chi connectivity index (χ0n) is 9.40. The number of anilines is 1. The van der Waals surface area contributed by atoms with Crippen molar-refractivity contribution in [2.24, 2.45) is 0 Å². The summed E-state index contributed by atoms with van der Waals surface area (Å²) in [6.07, 6.45) is -1.24. The van der Waals surface area contributed by atoms with Gasteiger partial charge in [-0.25, -0.2) is 4.79 Å².